The summed E-state index contributed by atoms with van der Waals surface area (Å²) in [6, 6.07) is 16.0. The molecule has 152 valence electrons. The van der Waals surface area contributed by atoms with Crippen LogP contribution in [0.1, 0.15) is 38.3 Å². The van der Waals surface area contributed by atoms with Crippen molar-refractivity contribution in [3.05, 3.63) is 65.7 Å². The molecule has 1 amide bonds. The van der Waals surface area contributed by atoms with Crippen molar-refractivity contribution in [2.75, 3.05) is 6.54 Å². The molecular weight excluding hydrogens is 378 g/mol. The third kappa shape index (κ3) is 6.98. The molecular formula is C21H27NO5S. The monoisotopic (exact) mass is 405 g/mol. The maximum atomic E-state index is 12.6. The molecule has 0 unspecified atom stereocenters. The normalized spacial score (nSPS) is 11.9. The average Bonchev–Trinajstić information content (AvgIpc) is 2.60. The van der Waals surface area contributed by atoms with Crippen LogP contribution in [0.25, 0.3) is 0 Å². The largest absolute Gasteiger partial charge is 0.442 e. The molecule has 7 heteroatoms. The zero-order chi connectivity index (χ0) is 20.8. The smallest absolute Gasteiger partial charge is 0.435 e. The van der Waals surface area contributed by atoms with Gasteiger partial charge < -0.3 is 4.74 Å². The molecule has 28 heavy (non-hydrogen) atoms. The number of carbonyl (C=O) groups is 1. The third-order valence-corrected chi connectivity index (χ3v) is 4.99. The van der Waals surface area contributed by atoms with E-state index in [2.05, 4.69) is 0 Å². The molecule has 0 aromatic heterocycles. The van der Waals surface area contributed by atoms with Gasteiger partial charge in [-0.3, -0.25) is 0 Å². The van der Waals surface area contributed by atoms with E-state index in [4.69, 9.17) is 9.02 Å². The Balaban J connectivity index is 2.12. The molecule has 0 saturated heterocycles. The highest BCUT2D eigenvalue weighted by molar-refractivity contribution is 7.86. The molecule has 2 aromatic carbocycles. The van der Waals surface area contributed by atoms with Crippen LogP contribution in [0, 0.1) is 6.92 Å². The van der Waals surface area contributed by atoms with Crippen LogP contribution in [-0.2, 0) is 25.6 Å². The predicted molar refractivity (Wildman–Crippen MR) is 107 cm³/mol. The zero-order valence-electron chi connectivity index (χ0n) is 16.7. The molecule has 0 fully saturated rings. The van der Waals surface area contributed by atoms with Crippen molar-refractivity contribution in [1.82, 2.24) is 5.06 Å². The first-order chi connectivity index (χ1) is 13.1. The van der Waals surface area contributed by atoms with Crippen LogP contribution in [0.4, 0.5) is 4.79 Å². The van der Waals surface area contributed by atoms with Gasteiger partial charge in [-0.1, -0.05) is 48.0 Å². The summed E-state index contributed by atoms with van der Waals surface area (Å²) in [5.74, 6) is 0. The number of rotatable bonds is 7. The van der Waals surface area contributed by atoms with Gasteiger partial charge in [-0.05, 0) is 58.2 Å². The molecule has 2 aromatic rings. The number of amides is 1. The fourth-order valence-electron chi connectivity index (χ4n) is 2.41. The second-order valence-electron chi connectivity index (χ2n) is 7.51. The molecule has 0 aliphatic heterocycles. The number of benzene rings is 2. The van der Waals surface area contributed by atoms with Gasteiger partial charge in [0.1, 0.15) is 5.60 Å². The first-order valence-corrected chi connectivity index (χ1v) is 10.5. The van der Waals surface area contributed by atoms with Gasteiger partial charge in [-0.25, -0.2) is 4.79 Å². The topological polar surface area (TPSA) is 72.9 Å². The minimum atomic E-state index is -4.15. The molecule has 0 heterocycles. The minimum Gasteiger partial charge on any atom is -0.442 e. The first-order valence-electron chi connectivity index (χ1n) is 9.12. The third-order valence-electron chi connectivity index (χ3n) is 3.76. The quantitative estimate of drug-likeness (QED) is 0.635. The van der Waals surface area contributed by atoms with Crippen LogP contribution >= 0.6 is 0 Å². The summed E-state index contributed by atoms with van der Waals surface area (Å²) < 4.78 is 35.6. The fourth-order valence-corrected chi connectivity index (χ4v) is 3.34. The molecule has 0 N–H and O–H groups in total. The number of carbonyl (C=O) groups excluding carboxylic acids is 1. The molecule has 0 aliphatic rings. The van der Waals surface area contributed by atoms with Crippen molar-refractivity contribution < 1.29 is 22.2 Å². The summed E-state index contributed by atoms with van der Waals surface area (Å²) in [6.07, 6.45) is 0.358. The van der Waals surface area contributed by atoms with Crippen molar-refractivity contribution in [2.24, 2.45) is 0 Å². The number of aryl methyl sites for hydroxylation is 2. The van der Waals surface area contributed by atoms with Gasteiger partial charge in [-0.2, -0.15) is 13.5 Å². The molecule has 6 nitrogen and oxygen atoms in total. The van der Waals surface area contributed by atoms with Gasteiger partial charge in [-0.15, -0.1) is 4.28 Å². The number of hydrogen-bond acceptors (Lipinski definition) is 5. The second kappa shape index (κ2) is 9.21. The Labute approximate surface area is 167 Å². The van der Waals surface area contributed by atoms with Crippen LogP contribution in [0.15, 0.2) is 59.5 Å². The summed E-state index contributed by atoms with van der Waals surface area (Å²) in [5.41, 5.74) is 1.24. The van der Waals surface area contributed by atoms with E-state index in [-0.39, 0.29) is 11.4 Å². The number of hydrogen-bond donors (Lipinski definition) is 0. The van der Waals surface area contributed by atoms with E-state index in [1.807, 2.05) is 37.3 Å². The van der Waals surface area contributed by atoms with Gasteiger partial charge >= 0.3 is 16.2 Å². The Bertz CT molecular complexity index is 871. The van der Waals surface area contributed by atoms with Crippen molar-refractivity contribution in [3.8, 4) is 0 Å². The zero-order valence-corrected chi connectivity index (χ0v) is 17.5. The van der Waals surface area contributed by atoms with Crippen LogP contribution < -0.4 is 0 Å². The van der Waals surface area contributed by atoms with Crippen LogP contribution in [-0.4, -0.2) is 31.7 Å². The maximum Gasteiger partial charge on any atom is 0.435 e. The van der Waals surface area contributed by atoms with Crippen LogP contribution in [0.5, 0.6) is 0 Å². The van der Waals surface area contributed by atoms with Crippen molar-refractivity contribution >= 4 is 16.2 Å². The molecule has 0 bridgehead atoms. The second-order valence-corrected chi connectivity index (χ2v) is 9.04. The Morgan fingerprint density at radius 3 is 2.18 bits per heavy atom. The number of hydroxylamine groups is 2. The highest BCUT2D eigenvalue weighted by Crippen LogP contribution is 2.18. The Morgan fingerprint density at radius 2 is 1.61 bits per heavy atom. The minimum absolute atomic E-state index is 0.0188. The van der Waals surface area contributed by atoms with E-state index in [1.165, 1.54) is 12.1 Å². The van der Waals surface area contributed by atoms with Gasteiger partial charge in [0.25, 0.3) is 0 Å². The lowest BCUT2D eigenvalue weighted by atomic mass is 10.1. The standard InChI is InChI=1S/C21H27NO5S/c1-17-12-14-19(15-13-17)28(24,25)27-22(20(23)26-21(2,3)4)16-8-11-18-9-6-5-7-10-18/h5-7,9-10,12-15H,8,11,16H2,1-4H3. The van der Waals surface area contributed by atoms with Crippen LogP contribution in [0.3, 0.4) is 0 Å². The molecule has 2 rings (SSSR count). The van der Waals surface area contributed by atoms with E-state index < -0.39 is 21.8 Å². The van der Waals surface area contributed by atoms with E-state index in [9.17, 15) is 13.2 Å². The first kappa shape index (κ1) is 21.9. The van der Waals surface area contributed by atoms with E-state index in [0.717, 1.165) is 16.2 Å². The van der Waals surface area contributed by atoms with Gasteiger partial charge in [0.05, 0.1) is 11.4 Å². The van der Waals surface area contributed by atoms with E-state index >= 15 is 0 Å². The van der Waals surface area contributed by atoms with Crippen molar-refractivity contribution in [3.63, 3.8) is 0 Å². The Hall–Kier alpha value is -2.38. The van der Waals surface area contributed by atoms with E-state index in [0.29, 0.717) is 12.8 Å². The lowest BCUT2D eigenvalue weighted by molar-refractivity contribution is -0.0688. The summed E-state index contributed by atoms with van der Waals surface area (Å²) in [6.45, 7) is 7.06. The molecule has 0 saturated carbocycles. The van der Waals surface area contributed by atoms with Crippen molar-refractivity contribution in [2.45, 2.75) is 51.0 Å². The summed E-state index contributed by atoms with van der Waals surface area (Å²) in [4.78, 5) is 12.5. The van der Waals surface area contributed by atoms with Crippen molar-refractivity contribution in [1.29, 1.82) is 0 Å². The van der Waals surface area contributed by atoms with Gasteiger partial charge in [0.15, 0.2) is 0 Å². The molecule has 0 radical (unpaired) electrons. The van der Waals surface area contributed by atoms with Gasteiger partial charge in [0, 0.05) is 0 Å². The highest BCUT2D eigenvalue weighted by Gasteiger charge is 2.28. The number of ether oxygens (including phenoxy) is 1. The number of nitrogens with zero attached hydrogens (tertiary/aromatic N) is 1. The molecule has 0 aliphatic carbocycles. The Kier molecular flexibility index (Phi) is 7.21. The van der Waals surface area contributed by atoms with Crippen LogP contribution in [0.2, 0.25) is 0 Å². The molecule has 0 spiro atoms. The summed E-state index contributed by atoms with van der Waals surface area (Å²) in [5, 5.41) is 0.781. The SMILES string of the molecule is Cc1ccc(S(=O)(=O)ON(CCCc2ccccc2)C(=O)OC(C)(C)C)cc1. The fraction of sp³-hybridized carbons (Fsp3) is 0.381. The Morgan fingerprint density at radius 1 is 1.00 bits per heavy atom. The van der Waals surface area contributed by atoms with E-state index in [1.54, 1.807) is 32.9 Å². The predicted octanol–water partition coefficient (Wildman–Crippen LogP) is 4.49. The van der Waals surface area contributed by atoms with Gasteiger partial charge in [0.2, 0.25) is 0 Å². The summed E-state index contributed by atoms with van der Waals surface area (Å²) in [7, 11) is -4.15. The lowest BCUT2D eigenvalue weighted by Crippen LogP contribution is -2.39. The highest BCUT2D eigenvalue weighted by atomic mass is 32.2. The lowest BCUT2D eigenvalue weighted by Gasteiger charge is -2.26. The summed E-state index contributed by atoms with van der Waals surface area (Å²) >= 11 is 0. The average molecular weight is 406 g/mol. The molecule has 0 atom stereocenters. The maximum absolute atomic E-state index is 12.6.